The van der Waals surface area contributed by atoms with Crippen LogP contribution in [-0.4, -0.2) is 10.2 Å². The van der Waals surface area contributed by atoms with Gasteiger partial charge >= 0.3 is 0 Å². The molecule has 1 aromatic heterocycles. The first kappa shape index (κ1) is 10.5. The summed E-state index contributed by atoms with van der Waals surface area (Å²) < 4.78 is 52.4. The number of rotatable bonds is 1. The second-order valence-electron chi connectivity index (χ2n) is 3.04. The van der Waals surface area contributed by atoms with Gasteiger partial charge in [0.05, 0.1) is 11.8 Å². The summed E-state index contributed by atoms with van der Waals surface area (Å²) in [6.07, 6.45) is 0.982. The molecule has 0 saturated carbocycles. The predicted molar refractivity (Wildman–Crippen MR) is 48.3 cm³/mol. The van der Waals surface area contributed by atoms with Gasteiger partial charge in [-0.05, 0) is 0 Å². The van der Waals surface area contributed by atoms with E-state index in [4.69, 9.17) is 5.73 Å². The van der Waals surface area contributed by atoms with Crippen molar-refractivity contribution in [2.24, 2.45) is 0 Å². The molecule has 0 aliphatic carbocycles. The lowest BCUT2D eigenvalue weighted by atomic mass is 10.1. The normalized spacial score (nSPS) is 10.8. The maximum Gasteiger partial charge on any atom is 0.169 e. The van der Waals surface area contributed by atoms with Crippen LogP contribution in [0.2, 0.25) is 0 Å². The van der Waals surface area contributed by atoms with Gasteiger partial charge in [-0.2, -0.15) is 5.10 Å². The second-order valence-corrected chi connectivity index (χ2v) is 3.04. The maximum atomic E-state index is 13.3. The van der Waals surface area contributed by atoms with Crippen LogP contribution in [0.1, 0.15) is 0 Å². The summed E-state index contributed by atoms with van der Waals surface area (Å²) >= 11 is 0. The molecule has 3 nitrogen and oxygen atoms in total. The zero-order valence-corrected chi connectivity index (χ0v) is 7.69. The minimum atomic E-state index is -1.51. The van der Waals surface area contributed by atoms with Gasteiger partial charge in [-0.25, -0.2) is 17.6 Å². The number of aromatic amines is 1. The van der Waals surface area contributed by atoms with E-state index in [-0.39, 0.29) is 17.4 Å². The Balaban J connectivity index is 2.79. The molecule has 7 heteroatoms. The van der Waals surface area contributed by atoms with Crippen LogP contribution < -0.4 is 5.73 Å². The molecule has 0 unspecified atom stereocenters. The maximum absolute atomic E-state index is 13.3. The Kier molecular flexibility index (Phi) is 2.30. The van der Waals surface area contributed by atoms with Crippen molar-refractivity contribution in [3.8, 4) is 11.1 Å². The summed E-state index contributed by atoms with van der Waals surface area (Å²) in [4.78, 5) is 0. The van der Waals surface area contributed by atoms with Crippen LogP contribution in [0.3, 0.4) is 0 Å². The highest BCUT2D eigenvalue weighted by Gasteiger charge is 2.22. The Bertz CT molecular complexity index is 524. The number of anilines is 1. The Morgan fingerprint density at radius 2 is 1.62 bits per heavy atom. The molecule has 0 bridgehead atoms. The first-order valence-electron chi connectivity index (χ1n) is 4.14. The van der Waals surface area contributed by atoms with Gasteiger partial charge in [0.15, 0.2) is 23.3 Å². The molecule has 2 aromatic rings. The monoisotopic (exact) mass is 231 g/mol. The Morgan fingerprint density at radius 3 is 2.06 bits per heavy atom. The first-order chi connectivity index (χ1) is 7.52. The number of hydrogen-bond acceptors (Lipinski definition) is 2. The quantitative estimate of drug-likeness (QED) is 0.584. The molecule has 0 spiro atoms. The molecule has 0 atom stereocenters. The van der Waals surface area contributed by atoms with Crippen LogP contribution in [0.5, 0.6) is 0 Å². The minimum Gasteiger partial charge on any atom is -0.384 e. The van der Waals surface area contributed by atoms with Gasteiger partial charge in [0.2, 0.25) is 0 Å². The van der Waals surface area contributed by atoms with Crippen molar-refractivity contribution < 1.29 is 17.6 Å². The second kappa shape index (κ2) is 3.51. The largest absolute Gasteiger partial charge is 0.384 e. The number of halogens is 4. The third kappa shape index (κ3) is 1.40. The summed E-state index contributed by atoms with van der Waals surface area (Å²) in [7, 11) is 0. The molecule has 84 valence electrons. The molecule has 1 aromatic carbocycles. The lowest BCUT2D eigenvalue weighted by molar-refractivity contribution is 0.458. The highest BCUT2D eigenvalue weighted by molar-refractivity contribution is 5.74. The van der Waals surface area contributed by atoms with Crippen LogP contribution in [-0.2, 0) is 0 Å². The smallest absolute Gasteiger partial charge is 0.169 e. The van der Waals surface area contributed by atoms with Gasteiger partial charge in [0, 0.05) is 11.6 Å². The van der Waals surface area contributed by atoms with Crippen molar-refractivity contribution in [1.82, 2.24) is 10.2 Å². The number of nitrogens with one attached hydrogen (secondary N) is 1. The Labute approximate surface area is 86.9 Å². The van der Waals surface area contributed by atoms with E-state index < -0.39 is 28.8 Å². The lowest BCUT2D eigenvalue weighted by Crippen LogP contribution is -1.99. The number of benzene rings is 1. The van der Waals surface area contributed by atoms with E-state index in [9.17, 15) is 17.6 Å². The molecule has 0 fully saturated rings. The van der Waals surface area contributed by atoms with E-state index in [1.807, 2.05) is 0 Å². The van der Waals surface area contributed by atoms with Crippen LogP contribution in [0.25, 0.3) is 11.1 Å². The molecular formula is C9H5F4N3. The molecule has 2 rings (SSSR count). The summed E-state index contributed by atoms with van der Waals surface area (Å²) in [5.41, 5.74) is 4.21. The number of aromatic nitrogens is 2. The van der Waals surface area contributed by atoms with Crippen LogP contribution in [0.4, 0.5) is 23.4 Å². The van der Waals surface area contributed by atoms with E-state index in [0.29, 0.717) is 0 Å². The fourth-order valence-electron chi connectivity index (χ4n) is 1.30. The third-order valence-corrected chi connectivity index (χ3v) is 2.05. The van der Waals surface area contributed by atoms with E-state index in [0.717, 1.165) is 6.20 Å². The van der Waals surface area contributed by atoms with Crippen molar-refractivity contribution in [3.05, 3.63) is 35.5 Å². The van der Waals surface area contributed by atoms with Gasteiger partial charge in [0.25, 0.3) is 0 Å². The SMILES string of the molecule is Nc1[nH]ncc1-c1c(F)c(F)cc(F)c1F. The minimum absolute atomic E-state index is 0.129. The third-order valence-electron chi connectivity index (χ3n) is 2.05. The van der Waals surface area contributed by atoms with Crippen molar-refractivity contribution in [2.45, 2.75) is 0 Å². The van der Waals surface area contributed by atoms with Crippen LogP contribution in [0.15, 0.2) is 12.3 Å². The number of H-pyrrole nitrogens is 1. The van der Waals surface area contributed by atoms with Crippen molar-refractivity contribution in [3.63, 3.8) is 0 Å². The molecule has 0 saturated heterocycles. The van der Waals surface area contributed by atoms with Crippen LogP contribution >= 0.6 is 0 Å². The number of hydrogen-bond donors (Lipinski definition) is 2. The zero-order chi connectivity index (χ0) is 11.9. The average molecular weight is 231 g/mol. The number of nitrogens with two attached hydrogens (primary N) is 1. The average Bonchev–Trinajstić information content (AvgIpc) is 2.63. The Hall–Kier alpha value is -2.05. The predicted octanol–water partition coefficient (Wildman–Crippen LogP) is 2.22. The molecule has 0 aliphatic rings. The van der Waals surface area contributed by atoms with Crippen molar-refractivity contribution >= 4 is 5.82 Å². The molecular weight excluding hydrogens is 226 g/mol. The van der Waals surface area contributed by atoms with Gasteiger partial charge < -0.3 is 5.73 Å². The summed E-state index contributed by atoms with van der Waals surface area (Å²) in [6.45, 7) is 0. The fourth-order valence-corrected chi connectivity index (χ4v) is 1.30. The summed E-state index contributed by atoms with van der Waals surface area (Å²) in [5, 5.41) is 5.62. The molecule has 0 radical (unpaired) electrons. The lowest BCUT2D eigenvalue weighted by Gasteiger charge is -2.05. The van der Waals surface area contributed by atoms with Crippen molar-refractivity contribution in [1.29, 1.82) is 0 Å². The van der Waals surface area contributed by atoms with Gasteiger partial charge in [-0.3, -0.25) is 5.10 Å². The molecule has 0 aliphatic heterocycles. The zero-order valence-electron chi connectivity index (χ0n) is 7.69. The fraction of sp³-hybridized carbons (Fsp3) is 0. The van der Waals surface area contributed by atoms with E-state index in [1.54, 1.807) is 0 Å². The number of nitrogens with zero attached hydrogens (tertiary/aromatic N) is 1. The van der Waals surface area contributed by atoms with Gasteiger partial charge in [0.1, 0.15) is 5.82 Å². The van der Waals surface area contributed by atoms with Gasteiger partial charge in [-0.15, -0.1) is 0 Å². The van der Waals surface area contributed by atoms with Gasteiger partial charge in [-0.1, -0.05) is 0 Å². The summed E-state index contributed by atoms with van der Waals surface area (Å²) in [6, 6.07) is 0.129. The topological polar surface area (TPSA) is 54.7 Å². The molecule has 0 amide bonds. The Morgan fingerprint density at radius 1 is 1.06 bits per heavy atom. The highest BCUT2D eigenvalue weighted by Crippen LogP contribution is 2.31. The molecule has 1 heterocycles. The molecule has 3 N–H and O–H groups in total. The van der Waals surface area contributed by atoms with Crippen molar-refractivity contribution in [2.75, 3.05) is 5.73 Å². The number of nitrogen functional groups attached to an aromatic ring is 1. The standard InChI is InChI=1S/C9H5F4N3/c10-4-1-5(11)8(13)6(7(4)12)3-2-15-16-9(3)14/h1-2H,(H3,14,15,16). The summed E-state index contributed by atoms with van der Waals surface area (Å²) in [5.74, 6) is -6.18. The van der Waals surface area contributed by atoms with E-state index in [2.05, 4.69) is 10.2 Å². The van der Waals surface area contributed by atoms with Crippen LogP contribution in [0, 0.1) is 23.3 Å². The van der Waals surface area contributed by atoms with E-state index in [1.165, 1.54) is 0 Å². The first-order valence-corrected chi connectivity index (χ1v) is 4.14. The molecule has 16 heavy (non-hydrogen) atoms. The van der Waals surface area contributed by atoms with E-state index >= 15 is 0 Å². The highest BCUT2D eigenvalue weighted by atomic mass is 19.2.